The molecule has 2 N–H and O–H groups in total. The van der Waals surface area contributed by atoms with Crippen LogP contribution < -0.4 is 5.32 Å². The van der Waals surface area contributed by atoms with Crippen LogP contribution in [0.25, 0.3) is 0 Å². The van der Waals surface area contributed by atoms with Gasteiger partial charge in [0.1, 0.15) is 0 Å². The first-order valence-corrected chi connectivity index (χ1v) is 8.27. The number of amides is 2. The molecule has 1 aliphatic heterocycles. The molecular weight excluding hydrogens is 284 g/mol. The summed E-state index contributed by atoms with van der Waals surface area (Å²) in [5.41, 5.74) is -0.714. The number of rotatable bonds is 7. The third kappa shape index (κ3) is 3.42. The maximum atomic E-state index is 12.2. The fraction of sp³-hybridized carbons (Fsp3) is 0.812. The summed E-state index contributed by atoms with van der Waals surface area (Å²) < 4.78 is 0. The molecule has 0 radical (unpaired) electrons. The van der Waals surface area contributed by atoms with Crippen LogP contribution >= 0.6 is 0 Å². The van der Waals surface area contributed by atoms with Gasteiger partial charge in [-0.3, -0.25) is 14.4 Å². The highest BCUT2D eigenvalue weighted by atomic mass is 16.4. The van der Waals surface area contributed by atoms with E-state index in [1.165, 1.54) is 0 Å². The Morgan fingerprint density at radius 2 is 2.09 bits per heavy atom. The average Bonchev–Trinajstić information content (AvgIpc) is 3.02. The molecule has 22 heavy (non-hydrogen) atoms. The minimum Gasteiger partial charge on any atom is -0.481 e. The summed E-state index contributed by atoms with van der Waals surface area (Å²) in [5.74, 6) is -0.695. The second-order valence-electron chi connectivity index (χ2n) is 6.53. The van der Waals surface area contributed by atoms with Crippen LogP contribution in [0.15, 0.2) is 0 Å². The number of hydrogen-bond donors (Lipinski definition) is 2. The molecule has 1 saturated carbocycles. The van der Waals surface area contributed by atoms with Crippen molar-refractivity contribution in [1.82, 2.24) is 10.2 Å². The van der Waals surface area contributed by atoms with E-state index in [9.17, 15) is 19.5 Å². The van der Waals surface area contributed by atoms with Crippen LogP contribution in [0.1, 0.15) is 51.9 Å². The molecule has 0 unspecified atom stereocenters. The molecule has 6 nitrogen and oxygen atoms in total. The predicted molar refractivity (Wildman–Crippen MR) is 81.1 cm³/mol. The summed E-state index contributed by atoms with van der Waals surface area (Å²) in [7, 11) is 0. The highest BCUT2D eigenvalue weighted by Gasteiger charge is 2.55. The molecule has 124 valence electrons. The lowest BCUT2D eigenvalue weighted by Crippen LogP contribution is -2.37. The SMILES string of the molecule is CCCNC(=O)CCCC(=O)N1C[C@@H]2CCC[C@@]2(C(=O)O)C1. The van der Waals surface area contributed by atoms with Gasteiger partial charge in [0.25, 0.3) is 0 Å². The first-order valence-electron chi connectivity index (χ1n) is 8.27. The lowest BCUT2D eigenvalue weighted by molar-refractivity contribution is -0.149. The largest absolute Gasteiger partial charge is 0.481 e. The number of fused-ring (bicyclic) bond motifs is 1. The number of nitrogens with one attached hydrogen (secondary N) is 1. The van der Waals surface area contributed by atoms with Crippen LogP contribution in [-0.2, 0) is 14.4 Å². The number of carbonyl (C=O) groups excluding carboxylic acids is 2. The quantitative estimate of drug-likeness (QED) is 0.744. The molecular formula is C16H26N2O4. The lowest BCUT2D eigenvalue weighted by Gasteiger charge is -2.23. The molecule has 0 bridgehead atoms. The van der Waals surface area contributed by atoms with E-state index >= 15 is 0 Å². The van der Waals surface area contributed by atoms with Crippen LogP contribution in [0.4, 0.5) is 0 Å². The van der Waals surface area contributed by atoms with E-state index in [1.54, 1.807) is 4.90 Å². The maximum absolute atomic E-state index is 12.2. The van der Waals surface area contributed by atoms with Crippen molar-refractivity contribution in [2.75, 3.05) is 19.6 Å². The van der Waals surface area contributed by atoms with Crippen molar-refractivity contribution in [1.29, 1.82) is 0 Å². The minimum absolute atomic E-state index is 0.0154. The van der Waals surface area contributed by atoms with E-state index in [2.05, 4.69) is 5.32 Å². The number of carboxylic acids is 1. The van der Waals surface area contributed by atoms with Crippen molar-refractivity contribution < 1.29 is 19.5 Å². The zero-order valence-corrected chi connectivity index (χ0v) is 13.3. The zero-order valence-electron chi connectivity index (χ0n) is 13.3. The van der Waals surface area contributed by atoms with Gasteiger partial charge in [0.05, 0.1) is 5.41 Å². The Balaban J connectivity index is 1.78. The van der Waals surface area contributed by atoms with Crippen LogP contribution in [0.3, 0.4) is 0 Å². The molecule has 2 fully saturated rings. The fourth-order valence-electron chi connectivity index (χ4n) is 3.74. The summed E-state index contributed by atoms with van der Waals surface area (Å²) >= 11 is 0. The van der Waals surface area contributed by atoms with Crippen molar-refractivity contribution in [2.45, 2.75) is 51.9 Å². The Kier molecular flexibility index (Phi) is 5.42. The van der Waals surface area contributed by atoms with Crippen molar-refractivity contribution in [3.8, 4) is 0 Å². The summed E-state index contributed by atoms with van der Waals surface area (Å²) in [6.07, 6.45) is 4.62. The molecule has 6 heteroatoms. The lowest BCUT2D eigenvalue weighted by atomic mass is 9.81. The Labute approximate surface area is 131 Å². The van der Waals surface area contributed by atoms with Crippen LogP contribution in [0.5, 0.6) is 0 Å². The van der Waals surface area contributed by atoms with Crippen molar-refractivity contribution in [3.05, 3.63) is 0 Å². The number of likely N-dealkylation sites (tertiary alicyclic amines) is 1. The van der Waals surface area contributed by atoms with Crippen LogP contribution in [0.2, 0.25) is 0 Å². The fourth-order valence-corrected chi connectivity index (χ4v) is 3.74. The Bertz CT molecular complexity index is 451. The van der Waals surface area contributed by atoms with Gasteiger partial charge in [-0.1, -0.05) is 13.3 Å². The second-order valence-corrected chi connectivity index (χ2v) is 6.53. The predicted octanol–water partition coefficient (Wildman–Crippen LogP) is 1.40. The molecule has 2 aliphatic rings. The summed E-state index contributed by atoms with van der Waals surface area (Å²) in [4.78, 5) is 37.0. The Hall–Kier alpha value is -1.59. The van der Waals surface area contributed by atoms with Gasteiger partial charge >= 0.3 is 5.97 Å². The number of carboxylic acid groups (broad SMARTS) is 1. The van der Waals surface area contributed by atoms with Crippen molar-refractivity contribution in [2.24, 2.45) is 11.3 Å². The molecule has 2 amide bonds. The highest BCUT2D eigenvalue weighted by Crippen LogP contribution is 2.48. The molecule has 0 aromatic rings. The molecule has 1 saturated heterocycles. The van der Waals surface area contributed by atoms with E-state index in [0.29, 0.717) is 45.3 Å². The third-order valence-corrected chi connectivity index (χ3v) is 5.02. The normalized spacial score (nSPS) is 26.8. The number of nitrogens with zero attached hydrogens (tertiary/aromatic N) is 1. The van der Waals surface area contributed by atoms with Gasteiger partial charge in [-0.15, -0.1) is 0 Å². The summed E-state index contributed by atoms with van der Waals surface area (Å²) in [5, 5.41) is 12.3. The van der Waals surface area contributed by atoms with Crippen molar-refractivity contribution in [3.63, 3.8) is 0 Å². The average molecular weight is 310 g/mol. The number of aliphatic carboxylic acids is 1. The van der Waals surface area contributed by atoms with Gasteiger partial charge in [-0.2, -0.15) is 0 Å². The molecule has 0 aromatic carbocycles. The molecule has 1 heterocycles. The molecule has 1 aliphatic carbocycles. The zero-order chi connectivity index (χ0) is 16.2. The Morgan fingerprint density at radius 3 is 2.73 bits per heavy atom. The van der Waals surface area contributed by atoms with Crippen molar-refractivity contribution >= 4 is 17.8 Å². The summed E-state index contributed by atoms with van der Waals surface area (Å²) in [6.45, 7) is 3.56. The van der Waals surface area contributed by atoms with E-state index < -0.39 is 11.4 Å². The first-order chi connectivity index (χ1) is 10.5. The van der Waals surface area contributed by atoms with Gasteiger partial charge in [0.15, 0.2) is 0 Å². The highest BCUT2D eigenvalue weighted by molar-refractivity contribution is 5.82. The topological polar surface area (TPSA) is 86.7 Å². The smallest absolute Gasteiger partial charge is 0.311 e. The standard InChI is InChI=1S/C16H26N2O4/c1-2-9-17-13(19)6-3-7-14(20)18-10-12-5-4-8-16(12,11-18)15(21)22/h12H,2-11H2,1H3,(H,17,19)(H,21,22)/t12-,16+/m0/s1. The molecule has 0 spiro atoms. The van der Waals surface area contributed by atoms with E-state index in [0.717, 1.165) is 19.3 Å². The van der Waals surface area contributed by atoms with Crippen LogP contribution in [-0.4, -0.2) is 47.4 Å². The van der Waals surface area contributed by atoms with E-state index in [-0.39, 0.29) is 17.7 Å². The third-order valence-electron chi connectivity index (χ3n) is 5.02. The Morgan fingerprint density at radius 1 is 1.32 bits per heavy atom. The molecule has 0 aromatic heterocycles. The summed E-state index contributed by atoms with van der Waals surface area (Å²) in [6, 6.07) is 0. The van der Waals surface area contributed by atoms with Gasteiger partial charge in [0, 0.05) is 32.5 Å². The van der Waals surface area contributed by atoms with Crippen LogP contribution in [0, 0.1) is 11.3 Å². The monoisotopic (exact) mass is 310 g/mol. The van der Waals surface area contributed by atoms with Gasteiger partial charge in [-0.05, 0) is 31.6 Å². The number of hydrogen-bond acceptors (Lipinski definition) is 3. The van der Waals surface area contributed by atoms with E-state index in [1.807, 2.05) is 6.92 Å². The minimum atomic E-state index is -0.760. The molecule has 2 rings (SSSR count). The van der Waals surface area contributed by atoms with Gasteiger partial charge < -0.3 is 15.3 Å². The number of carbonyl (C=O) groups is 3. The van der Waals surface area contributed by atoms with Gasteiger partial charge in [-0.25, -0.2) is 0 Å². The van der Waals surface area contributed by atoms with E-state index in [4.69, 9.17) is 0 Å². The first kappa shape index (κ1) is 16.8. The molecule has 2 atom stereocenters. The maximum Gasteiger partial charge on any atom is 0.311 e. The van der Waals surface area contributed by atoms with Gasteiger partial charge in [0.2, 0.25) is 11.8 Å². The second kappa shape index (κ2) is 7.11.